The molecule has 26 heavy (non-hydrogen) atoms. The zero-order valence-electron chi connectivity index (χ0n) is 14.9. The van der Waals surface area contributed by atoms with Crippen molar-refractivity contribution in [2.75, 3.05) is 31.2 Å². The van der Waals surface area contributed by atoms with E-state index >= 15 is 0 Å². The number of carbonyl (C=O) groups is 2. The Labute approximate surface area is 153 Å². The molecule has 2 aromatic carbocycles. The molecular formula is C21H22N2O3. The summed E-state index contributed by atoms with van der Waals surface area (Å²) in [5.74, 6) is -0.100. The Bertz CT molecular complexity index is 843. The van der Waals surface area contributed by atoms with Crippen LogP contribution in [0.15, 0.2) is 48.5 Å². The van der Waals surface area contributed by atoms with Gasteiger partial charge in [-0.15, -0.1) is 0 Å². The van der Waals surface area contributed by atoms with E-state index < -0.39 is 0 Å². The van der Waals surface area contributed by atoms with Gasteiger partial charge in [0.2, 0.25) is 0 Å². The number of morpholine rings is 1. The number of amides is 2. The summed E-state index contributed by atoms with van der Waals surface area (Å²) in [6, 6.07) is 15.2. The fourth-order valence-electron chi connectivity index (χ4n) is 3.75. The van der Waals surface area contributed by atoms with E-state index in [4.69, 9.17) is 4.74 Å². The molecule has 1 atom stereocenters. The molecule has 5 heteroatoms. The molecule has 2 aliphatic rings. The number of rotatable bonds is 2. The lowest BCUT2D eigenvalue weighted by Gasteiger charge is -2.27. The summed E-state index contributed by atoms with van der Waals surface area (Å²) in [5.41, 5.74) is 3.26. The maximum atomic E-state index is 13.2. The van der Waals surface area contributed by atoms with Crippen molar-refractivity contribution >= 4 is 17.5 Å². The summed E-state index contributed by atoms with van der Waals surface area (Å²) in [6.07, 6.45) is 0.855. The lowest BCUT2D eigenvalue weighted by atomic mass is 10.1. The first-order valence-corrected chi connectivity index (χ1v) is 9.03. The van der Waals surface area contributed by atoms with Gasteiger partial charge in [-0.2, -0.15) is 0 Å². The predicted molar refractivity (Wildman–Crippen MR) is 99.6 cm³/mol. The minimum Gasteiger partial charge on any atom is -0.378 e. The Kier molecular flexibility index (Phi) is 4.47. The fourth-order valence-corrected chi connectivity index (χ4v) is 3.75. The molecule has 1 fully saturated rings. The summed E-state index contributed by atoms with van der Waals surface area (Å²) in [5, 5.41) is 0. The molecule has 0 radical (unpaired) electrons. The van der Waals surface area contributed by atoms with E-state index in [1.54, 1.807) is 29.2 Å². The van der Waals surface area contributed by atoms with Gasteiger partial charge in [0, 0.05) is 35.9 Å². The third-order valence-corrected chi connectivity index (χ3v) is 5.08. The van der Waals surface area contributed by atoms with Gasteiger partial charge in [-0.1, -0.05) is 24.3 Å². The second-order valence-electron chi connectivity index (χ2n) is 6.84. The Morgan fingerprint density at radius 3 is 2.42 bits per heavy atom. The topological polar surface area (TPSA) is 49.9 Å². The average Bonchev–Trinajstić information content (AvgIpc) is 3.03. The molecule has 0 aromatic heterocycles. The van der Waals surface area contributed by atoms with Crippen LogP contribution in [-0.2, 0) is 11.2 Å². The van der Waals surface area contributed by atoms with Crippen LogP contribution < -0.4 is 4.90 Å². The van der Waals surface area contributed by atoms with Crippen LogP contribution in [0.25, 0.3) is 0 Å². The number of anilines is 1. The molecule has 2 aromatic rings. The first kappa shape index (κ1) is 16.8. The van der Waals surface area contributed by atoms with Crippen molar-refractivity contribution in [1.82, 2.24) is 4.90 Å². The second kappa shape index (κ2) is 6.92. The number of nitrogens with zero attached hydrogens (tertiary/aromatic N) is 2. The van der Waals surface area contributed by atoms with Crippen molar-refractivity contribution in [2.24, 2.45) is 0 Å². The highest BCUT2D eigenvalue weighted by Crippen LogP contribution is 2.33. The minimum absolute atomic E-state index is 0.0437. The van der Waals surface area contributed by atoms with Crippen molar-refractivity contribution in [1.29, 1.82) is 0 Å². The SMILES string of the molecule is CC1Cc2ccccc2N1C(=O)c1cccc(C(=O)N2CCOCC2)c1. The molecule has 2 aliphatic heterocycles. The molecule has 0 spiro atoms. The maximum Gasteiger partial charge on any atom is 0.258 e. The quantitative estimate of drug-likeness (QED) is 0.837. The number of carbonyl (C=O) groups excluding carboxylic acids is 2. The van der Waals surface area contributed by atoms with Crippen LogP contribution in [0.4, 0.5) is 5.69 Å². The Balaban J connectivity index is 1.60. The summed E-state index contributed by atoms with van der Waals surface area (Å²) in [6.45, 7) is 4.36. The molecule has 2 heterocycles. The van der Waals surface area contributed by atoms with Gasteiger partial charge in [0.05, 0.1) is 13.2 Å². The Hall–Kier alpha value is -2.66. The van der Waals surface area contributed by atoms with Crippen molar-refractivity contribution < 1.29 is 14.3 Å². The number of benzene rings is 2. The highest BCUT2D eigenvalue weighted by molar-refractivity contribution is 6.09. The molecule has 4 rings (SSSR count). The second-order valence-corrected chi connectivity index (χ2v) is 6.84. The summed E-state index contributed by atoms with van der Waals surface area (Å²) in [7, 11) is 0. The third-order valence-electron chi connectivity index (χ3n) is 5.08. The first-order chi connectivity index (χ1) is 12.6. The van der Waals surface area contributed by atoms with Gasteiger partial charge in [0.15, 0.2) is 0 Å². The lowest BCUT2D eigenvalue weighted by molar-refractivity contribution is 0.0303. The molecule has 2 amide bonds. The molecular weight excluding hydrogens is 328 g/mol. The largest absolute Gasteiger partial charge is 0.378 e. The first-order valence-electron chi connectivity index (χ1n) is 9.03. The molecule has 134 valence electrons. The highest BCUT2D eigenvalue weighted by Gasteiger charge is 2.31. The van der Waals surface area contributed by atoms with Crippen molar-refractivity contribution in [3.05, 3.63) is 65.2 Å². The summed E-state index contributed by atoms with van der Waals surface area (Å²) >= 11 is 0. The predicted octanol–water partition coefficient (Wildman–Crippen LogP) is 2.75. The van der Waals surface area contributed by atoms with Crippen LogP contribution in [0, 0.1) is 0 Å². The highest BCUT2D eigenvalue weighted by atomic mass is 16.5. The summed E-state index contributed by atoms with van der Waals surface area (Å²) < 4.78 is 5.31. The number of ether oxygens (including phenoxy) is 1. The standard InChI is InChI=1S/C21H22N2O3/c1-15-13-16-5-2-3-8-19(16)23(15)21(25)18-7-4-6-17(14-18)20(24)22-9-11-26-12-10-22/h2-8,14-15H,9-13H2,1H3. The normalized spacial score (nSPS) is 19.3. The van der Waals surface area contributed by atoms with E-state index in [1.807, 2.05) is 23.1 Å². The van der Waals surface area contributed by atoms with E-state index in [2.05, 4.69) is 13.0 Å². The van der Waals surface area contributed by atoms with Gasteiger partial charge in [-0.25, -0.2) is 0 Å². The van der Waals surface area contributed by atoms with Crippen LogP contribution in [0.1, 0.15) is 33.2 Å². The van der Waals surface area contributed by atoms with Gasteiger partial charge in [0.25, 0.3) is 11.8 Å². The Morgan fingerprint density at radius 2 is 1.65 bits per heavy atom. The Morgan fingerprint density at radius 1 is 0.962 bits per heavy atom. The smallest absolute Gasteiger partial charge is 0.258 e. The summed E-state index contributed by atoms with van der Waals surface area (Å²) in [4.78, 5) is 29.5. The van der Waals surface area contributed by atoms with E-state index in [1.165, 1.54) is 5.56 Å². The van der Waals surface area contributed by atoms with Gasteiger partial charge >= 0.3 is 0 Å². The van der Waals surface area contributed by atoms with Crippen LogP contribution in [0.5, 0.6) is 0 Å². The van der Waals surface area contributed by atoms with Crippen LogP contribution in [0.2, 0.25) is 0 Å². The maximum absolute atomic E-state index is 13.2. The molecule has 1 unspecified atom stereocenters. The van der Waals surface area contributed by atoms with Gasteiger partial charge in [0.1, 0.15) is 0 Å². The lowest BCUT2D eigenvalue weighted by Crippen LogP contribution is -2.41. The fraction of sp³-hybridized carbons (Fsp3) is 0.333. The van der Waals surface area contributed by atoms with Gasteiger partial charge in [-0.05, 0) is 43.2 Å². The number of para-hydroxylation sites is 1. The van der Waals surface area contributed by atoms with Gasteiger partial charge < -0.3 is 14.5 Å². The number of fused-ring (bicyclic) bond motifs is 1. The molecule has 0 saturated carbocycles. The molecule has 1 saturated heterocycles. The van der Waals surface area contributed by atoms with Crippen molar-refractivity contribution in [2.45, 2.75) is 19.4 Å². The zero-order chi connectivity index (χ0) is 18.1. The molecule has 5 nitrogen and oxygen atoms in total. The zero-order valence-corrected chi connectivity index (χ0v) is 14.9. The number of hydrogen-bond donors (Lipinski definition) is 0. The number of hydrogen-bond acceptors (Lipinski definition) is 3. The monoisotopic (exact) mass is 350 g/mol. The van der Waals surface area contributed by atoms with Crippen molar-refractivity contribution in [3.63, 3.8) is 0 Å². The average molecular weight is 350 g/mol. The third kappa shape index (κ3) is 2.99. The molecule has 0 N–H and O–H groups in total. The van der Waals surface area contributed by atoms with E-state index in [0.717, 1.165) is 12.1 Å². The van der Waals surface area contributed by atoms with Crippen molar-refractivity contribution in [3.8, 4) is 0 Å². The van der Waals surface area contributed by atoms with Gasteiger partial charge in [-0.3, -0.25) is 9.59 Å². The minimum atomic E-state index is -0.0564. The van der Waals surface area contributed by atoms with Crippen LogP contribution >= 0.6 is 0 Å². The molecule has 0 bridgehead atoms. The van der Waals surface area contributed by atoms with E-state index in [0.29, 0.717) is 37.4 Å². The van der Waals surface area contributed by atoms with E-state index in [-0.39, 0.29) is 17.9 Å². The van der Waals surface area contributed by atoms with Crippen LogP contribution in [0.3, 0.4) is 0 Å². The molecule has 0 aliphatic carbocycles. The van der Waals surface area contributed by atoms with E-state index in [9.17, 15) is 9.59 Å². The van der Waals surface area contributed by atoms with Crippen LogP contribution in [-0.4, -0.2) is 49.1 Å².